The molecule has 0 atom stereocenters. The van der Waals surface area contributed by atoms with E-state index in [4.69, 9.17) is 0 Å². The van der Waals surface area contributed by atoms with Crippen molar-refractivity contribution in [3.63, 3.8) is 0 Å². The fourth-order valence-electron chi connectivity index (χ4n) is 2.31. The quantitative estimate of drug-likeness (QED) is 0.350. The summed E-state index contributed by atoms with van der Waals surface area (Å²) in [5, 5.41) is 19.0. The van der Waals surface area contributed by atoms with Gasteiger partial charge in [0.15, 0.2) is 5.82 Å². The van der Waals surface area contributed by atoms with E-state index in [9.17, 15) is 10.1 Å². The summed E-state index contributed by atoms with van der Waals surface area (Å²) in [5.74, 6) is 0.627. The van der Waals surface area contributed by atoms with Crippen molar-refractivity contribution in [3.8, 4) is 11.3 Å². The average molecular weight is 318 g/mol. The van der Waals surface area contributed by atoms with Gasteiger partial charge in [-0.3, -0.25) is 10.1 Å². The van der Waals surface area contributed by atoms with Gasteiger partial charge in [0.25, 0.3) is 5.69 Å². The molecule has 1 aromatic heterocycles. The van der Waals surface area contributed by atoms with Crippen LogP contribution in [-0.4, -0.2) is 9.49 Å². The Morgan fingerprint density at radius 1 is 0.958 bits per heavy atom. The molecule has 24 heavy (non-hydrogen) atoms. The van der Waals surface area contributed by atoms with E-state index in [2.05, 4.69) is 16.8 Å². The smallest absolute Gasteiger partial charge is 0.269 e. The third kappa shape index (κ3) is 3.12. The summed E-state index contributed by atoms with van der Waals surface area (Å²) >= 11 is 0. The minimum absolute atomic E-state index is 0.0229. The zero-order chi connectivity index (χ0) is 16.9. The summed E-state index contributed by atoms with van der Waals surface area (Å²) < 4.78 is 1.84. The van der Waals surface area contributed by atoms with Crippen LogP contribution in [0, 0.1) is 10.1 Å². The number of benzene rings is 2. The van der Waals surface area contributed by atoms with Crippen LogP contribution < -0.4 is 0 Å². The van der Waals surface area contributed by atoms with E-state index in [1.807, 2.05) is 47.0 Å². The summed E-state index contributed by atoms with van der Waals surface area (Å²) in [7, 11) is 0. The Bertz CT molecular complexity index is 897. The molecule has 0 bridgehead atoms. The van der Waals surface area contributed by atoms with E-state index in [-0.39, 0.29) is 5.69 Å². The highest BCUT2D eigenvalue weighted by molar-refractivity contribution is 5.66. The second-order valence-electron chi connectivity index (χ2n) is 4.97. The Morgan fingerprint density at radius 2 is 1.67 bits per heavy atom. The third-order valence-electron chi connectivity index (χ3n) is 3.48. The molecule has 3 aromatic rings. The van der Waals surface area contributed by atoms with Crippen LogP contribution in [0.15, 0.2) is 83.5 Å². The topological polar surface area (TPSA) is 72.8 Å². The van der Waals surface area contributed by atoms with Crippen molar-refractivity contribution in [1.29, 1.82) is 0 Å². The molecular weight excluding hydrogens is 304 g/mol. The van der Waals surface area contributed by atoms with Gasteiger partial charge in [0.05, 0.1) is 16.3 Å². The largest absolute Gasteiger partial charge is 0.300 e. The lowest BCUT2D eigenvalue weighted by atomic mass is 10.1. The number of nitrogens with zero attached hydrogens (tertiary/aromatic N) is 4. The van der Waals surface area contributed by atoms with Gasteiger partial charge in [0, 0.05) is 18.3 Å². The average Bonchev–Trinajstić information content (AvgIpc) is 3.04. The minimum atomic E-state index is -0.448. The van der Waals surface area contributed by atoms with Gasteiger partial charge in [-0.15, -0.1) is 10.2 Å². The first-order valence-electron chi connectivity index (χ1n) is 7.24. The number of nitro groups is 1. The van der Waals surface area contributed by atoms with E-state index < -0.39 is 4.92 Å². The molecule has 1 heterocycles. The molecule has 0 saturated carbocycles. The van der Waals surface area contributed by atoms with Gasteiger partial charge < -0.3 is 4.57 Å². The van der Waals surface area contributed by atoms with Crippen LogP contribution in [0.2, 0.25) is 0 Å². The lowest BCUT2D eigenvalue weighted by Gasteiger charge is -2.05. The second kappa shape index (κ2) is 6.70. The highest BCUT2D eigenvalue weighted by Gasteiger charge is 2.07. The van der Waals surface area contributed by atoms with E-state index in [1.54, 1.807) is 18.3 Å². The molecule has 0 aliphatic heterocycles. The molecule has 0 N–H and O–H groups in total. The Labute approximate surface area is 138 Å². The zero-order valence-electron chi connectivity index (χ0n) is 12.7. The normalized spacial score (nSPS) is 10.8. The molecule has 0 unspecified atom stereocenters. The molecular formula is C18H14N4O2. The first kappa shape index (κ1) is 15.4. The van der Waals surface area contributed by atoms with E-state index in [0.717, 1.165) is 11.3 Å². The Kier molecular flexibility index (Phi) is 4.29. The van der Waals surface area contributed by atoms with E-state index in [1.165, 1.54) is 12.1 Å². The van der Waals surface area contributed by atoms with Gasteiger partial charge in [-0.1, -0.05) is 36.9 Å². The van der Waals surface area contributed by atoms with Crippen molar-refractivity contribution >= 4 is 23.4 Å². The number of non-ortho nitro benzene ring substituents is 1. The van der Waals surface area contributed by atoms with Crippen molar-refractivity contribution < 1.29 is 4.92 Å². The SMILES string of the molecule is C=Cn1c(N=Nc2ccc([N+](=O)[O-])cc2)ccc1-c1ccccc1. The van der Waals surface area contributed by atoms with Gasteiger partial charge in [0.1, 0.15) is 0 Å². The number of hydrogen-bond donors (Lipinski definition) is 0. The zero-order valence-corrected chi connectivity index (χ0v) is 12.7. The molecule has 0 radical (unpaired) electrons. The molecule has 3 rings (SSSR count). The first-order chi connectivity index (χ1) is 11.7. The minimum Gasteiger partial charge on any atom is -0.300 e. The standard InChI is InChI=1S/C18H14N4O2/c1-2-21-17(14-6-4-3-5-7-14)12-13-18(21)20-19-15-8-10-16(11-9-15)22(23)24/h2-13H,1H2. The molecule has 0 spiro atoms. The molecule has 6 nitrogen and oxygen atoms in total. The molecule has 0 fully saturated rings. The maximum atomic E-state index is 10.6. The van der Waals surface area contributed by atoms with Crippen molar-refractivity contribution in [2.75, 3.05) is 0 Å². The first-order valence-corrected chi connectivity index (χ1v) is 7.24. The van der Waals surface area contributed by atoms with Crippen LogP contribution in [0.1, 0.15) is 0 Å². The fraction of sp³-hybridized carbons (Fsp3) is 0. The summed E-state index contributed by atoms with van der Waals surface area (Å²) in [6.07, 6.45) is 1.67. The lowest BCUT2D eigenvalue weighted by Crippen LogP contribution is -1.88. The second-order valence-corrected chi connectivity index (χ2v) is 4.97. The summed E-state index contributed by atoms with van der Waals surface area (Å²) in [5.41, 5.74) is 2.57. The van der Waals surface area contributed by atoms with Crippen molar-refractivity contribution in [3.05, 3.63) is 83.4 Å². The van der Waals surface area contributed by atoms with Gasteiger partial charge in [-0.25, -0.2) is 0 Å². The predicted octanol–water partition coefficient (Wildman–Crippen LogP) is 5.58. The molecule has 0 aliphatic carbocycles. The predicted molar refractivity (Wildman–Crippen MR) is 93.5 cm³/mol. The lowest BCUT2D eigenvalue weighted by molar-refractivity contribution is -0.384. The van der Waals surface area contributed by atoms with Gasteiger partial charge in [0.2, 0.25) is 0 Å². The van der Waals surface area contributed by atoms with Gasteiger partial charge in [-0.05, 0) is 29.8 Å². The molecule has 0 saturated heterocycles. The number of azo groups is 1. The Morgan fingerprint density at radius 3 is 2.29 bits per heavy atom. The Balaban J connectivity index is 1.89. The number of rotatable bonds is 5. The monoisotopic (exact) mass is 318 g/mol. The van der Waals surface area contributed by atoms with Crippen LogP contribution in [-0.2, 0) is 0 Å². The number of aromatic nitrogens is 1. The summed E-state index contributed by atoms with van der Waals surface area (Å²) in [6, 6.07) is 19.6. The molecule has 0 amide bonds. The number of nitro benzene ring substituents is 1. The number of hydrogen-bond acceptors (Lipinski definition) is 4. The van der Waals surface area contributed by atoms with E-state index in [0.29, 0.717) is 11.5 Å². The fourth-order valence-corrected chi connectivity index (χ4v) is 2.31. The maximum Gasteiger partial charge on any atom is 0.269 e. The van der Waals surface area contributed by atoms with Crippen LogP contribution >= 0.6 is 0 Å². The van der Waals surface area contributed by atoms with Crippen molar-refractivity contribution in [1.82, 2.24) is 4.57 Å². The van der Waals surface area contributed by atoms with Crippen LogP contribution in [0.25, 0.3) is 17.5 Å². The molecule has 2 aromatic carbocycles. The third-order valence-corrected chi connectivity index (χ3v) is 3.48. The summed E-state index contributed by atoms with van der Waals surface area (Å²) in [6.45, 7) is 3.82. The van der Waals surface area contributed by atoms with Crippen LogP contribution in [0.3, 0.4) is 0 Å². The van der Waals surface area contributed by atoms with E-state index >= 15 is 0 Å². The summed E-state index contributed by atoms with van der Waals surface area (Å²) in [4.78, 5) is 10.2. The van der Waals surface area contributed by atoms with Crippen LogP contribution in [0.5, 0.6) is 0 Å². The van der Waals surface area contributed by atoms with Gasteiger partial charge >= 0.3 is 0 Å². The van der Waals surface area contributed by atoms with Crippen LogP contribution in [0.4, 0.5) is 17.2 Å². The Hall–Kier alpha value is -3.54. The van der Waals surface area contributed by atoms with Crippen molar-refractivity contribution in [2.24, 2.45) is 10.2 Å². The highest BCUT2D eigenvalue weighted by Crippen LogP contribution is 2.28. The van der Waals surface area contributed by atoms with Crippen molar-refractivity contribution in [2.45, 2.75) is 0 Å². The molecule has 0 aliphatic rings. The highest BCUT2D eigenvalue weighted by atomic mass is 16.6. The van der Waals surface area contributed by atoms with Gasteiger partial charge in [-0.2, -0.15) is 0 Å². The molecule has 6 heteroatoms. The molecule has 118 valence electrons. The maximum absolute atomic E-state index is 10.6.